The molecular formula is C12H9F3N2O. The maximum absolute atomic E-state index is 12.0. The predicted octanol–water partition coefficient (Wildman–Crippen LogP) is 2.85. The third kappa shape index (κ3) is 2.53. The zero-order chi connectivity index (χ0) is 13.2. The molecule has 18 heavy (non-hydrogen) atoms. The van der Waals surface area contributed by atoms with Crippen LogP contribution in [-0.2, 0) is 4.79 Å². The Balaban J connectivity index is 2.20. The van der Waals surface area contributed by atoms with Crippen molar-refractivity contribution in [3.8, 4) is 0 Å². The highest BCUT2D eigenvalue weighted by Crippen LogP contribution is 2.22. The van der Waals surface area contributed by atoms with Crippen molar-refractivity contribution < 1.29 is 18.0 Å². The number of hydrazine groups is 1. The van der Waals surface area contributed by atoms with Gasteiger partial charge < -0.3 is 0 Å². The number of carbonyl (C=O) groups excluding carboxylic acids is 1. The summed E-state index contributed by atoms with van der Waals surface area (Å²) in [7, 11) is 0. The lowest BCUT2D eigenvalue weighted by atomic mass is 10.1. The van der Waals surface area contributed by atoms with Crippen molar-refractivity contribution >= 4 is 22.4 Å². The fraction of sp³-hybridized carbons (Fsp3) is 0.0833. The molecule has 94 valence electrons. The van der Waals surface area contributed by atoms with E-state index in [9.17, 15) is 18.0 Å². The third-order valence-electron chi connectivity index (χ3n) is 2.36. The van der Waals surface area contributed by atoms with Crippen molar-refractivity contribution in [2.45, 2.75) is 6.18 Å². The topological polar surface area (TPSA) is 41.1 Å². The van der Waals surface area contributed by atoms with E-state index in [0.29, 0.717) is 5.69 Å². The van der Waals surface area contributed by atoms with Crippen LogP contribution in [0.15, 0.2) is 42.5 Å². The van der Waals surface area contributed by atoms with E-state index in [1.165, 1.54) is 0 Å². The number of hydrogen-bond donors (Lipinski definition) is 2. The molecule has 0 fully saturated rings. The number of anilines is 1. The number of benzene rings is 2. The van der Waals surface area contributed by atoms with Gasteiger partial charge in [-0.1, -0.05) is 36.4 Å². The molecule has 6 heteroatoms. The minimum atomic E-state index is -4.91. The van der Waals surface area contributed by atoms with Crippen molar-refractivity contribution in [2.75, 3.05) is 5.43 Å². The Kier molecular flexibility index (Phi) is 3.10. The molecular weight excluding hydrogens is 245 g/mol. The predicted molar refractivity (Wildman–Crippen MR) is 61.8 cm³/mol. The molecule has 2 rings (SSSR count). The molecule has 0 heterocycles. The van der Waals surface area contributed by atoms with Crippen molar-refractivity contribution in [1.82, 2.24) is 5.43 Å². The molecule has 0 spiro atoms. The van der Waals surface area contributed by atoms with E-state index >= 15 is 0 Å². The molecule has 0 atom stereocenters. The van der Waals surface area contributed by atoms with Crippen molar-refractivity contribution in [2.24, 2.45) is 0 Å². The number of rotatable bonds is 2. The highest BCUT2D eigenvalue weighted by Gasteiger charge is 2.38. The van der Waals surface area contributed by atoms with Crippen LogP contribution in [0.2, 0.25) is 0 Å². The lowest BCUT2D eigenvalue weighted by molar-refractivity contribution is -0.173. The second-order valence-corrected chi connectivity index (χ2v) is 3.60. The van der Waals surface area contributed by atoms with Gasteiger partial charge in [-0.15, -0.1) is 0 Å². The largest absolute Gasteiger partial charge is 0.472 e. The number of carbonyl (C=O) groups is 1. The molecule has 0 saturated heterocycles. The second-order valence-electron chi connectivity index (χ2n) is 3.60. The Morgan fingerprint density at radius 3 is 2.39 bits per heavy atom. The first kappa shape index (κ1) is 12.2. The van der Waals surface area contributed by atoms with Crippen LogP contribution in [0.3, 0.4) is 0 Å². The number of halogens is 3. The summed E-state index contributed by atoms with van der Waals surface area (Å²) in [4.78, 5) is 10.7. The summed E-state index contributed by atoms with van der Waals surface area (Å²) >= 11 is 0. The average molecular weight is 254 g/mol. The van der Waals surface area contributed by atoms with E-state index in [1.807, 2.05) is 18.2 Å². The molecule has 0 saturated carbocycles. The smallest absolute Gasteiger partial charge is 0.298 e. The van der Waals surface area contributed by atoms with Gasteiger partial charge in [0.1, 0.15) is 0 Å². The van der Waals surface area contributed by atoms with E-state index in [4.69, 9.17) is 0 Å². The van der Waals surface area contributed by atoms with Crippen LogP contribution < -0.4 is 10.9 Å². The fourth-order valence-corrected chi connectivity index (χ4v) is 1.53. The molecule has 3 nitrogen and oxygen atoms in total. The van der Waals surface area contributed by atoms with E-state index < -0.39 is 12.1 Å². The fourth-order valence-electron chi connectivity index (χ4n) is 1.53. The minimum absolute atomic E-state index is 0.408. The van der Waals surface area contributed by atoms with E-state index in [2.05, 4.69) is 5.43 Å². The lowest BCUT2D eigenvalue weighted by Crippen LogP contribution is -2.40. The first-order valence-corrected chi connectivity index (χ1v) is 5.09. The summed E-state index contributed by atoms with van der Waals surface area (Å²) in [6, 6.07) is 12.2. The van der Waals surface area contributed by atoms with E-state index in [1.54, 1.807) is 29.7 Å². The average Bonchev–Trinajstić information content (AvgIpc) is 2.34. The van der Waals surface area contributed by atoms with Crippen molar-refractivity contribution in [3.63, 3.8) is 0 Å². The van der Waals surface area contributed by atoms with Gasteiger partial charge in [-0.25, -0.2) is 0 Å². The highest BCUT2D eigenvalue weighted by molar-refractivity contribution is 5.94. The third-order valence-corrected chi connectivity index (χ3v) is 2.36. The molecule has 0 aliphatic heterocycles. The van der Waals surface area contributed by atoms with Crippen LogP contribution in [-0.4, -0.2) is 12.1 Å². The van der Waals surface area contributed by atoms with Crippen LogP contribution in [0.4, 0.5) is 18.9 Å². The minimum Gasteiger partial charge on any atom is -0.298 e. The van der Waals surface area contributed by atoms with Crippen LogP contribution in [0.1, 0.15) is 0 Å². The SMILES string of the molecule is O=C(NNc1cccc2ccccc12)C(F)(F)F. The van der Waals surface area contributed by atoms with Gasteiger partial charge in [0, 0.05) is 5.39 Å². The van der Waals surface area contributed by atoms with E-state index in [-0.39, 0.29) is 0 Å². The second kappa shape index (κ2) is 4.56. The Hall–Kier alpha value is -2.24. The number of hydrogen-bond acceptors (Lipinski definition) is 2. The molecule has 0 bridgehead atoms. The molecule has 2 aromatic carbocycles. The zero-order valence-corrected chi connectivity index (χ0v) is 9.08. The summed E-state index contributed by atoms with van der Waals surface area (Å²) in [5.74, 6) is -2.03. The van der Waals surface area contributed by atoms with Crippen molar-refractivity contribution in [1.29, 1.82) is 0 Å². The van der Waals surface area contributed by atoms with Crippen LogP contribution in [0.25, 0.3) is 10.8 Å². The van der Waals surface area contributed by atoms with Gasteiger partial charge in [0.15, 0.2) is 0 Å². The van der Waals surface area contributed by atoms with Gasteiger partial charge in [-0.2, -0.15) is 13.2 Å². The quantitative estimate of drug-likeness (QED) is 0.809. The maximum Gasteiger partial charge on any atom is 0.472 e. The molecule has 1 amide bonds. The van der Waals surface area contributed by atoms with Gasteiger partial charge in [0.05, 0.1) is 5.69 Å². The van der Waals surface area contributed by atoms with E-state index in [0.717, 1.165) is 10.8 Å². The van der Waals surface area contributed by atoms with Gasteiger partial charge in [-0.05, 0) is 11.5 Å². The Morgan fingerprint density at radius 2 is 1.67 bits per heavy atom. The molecule has 0 aliphatic rings. The molecule has 0 aromatic heterocycles. The molecule has 2 aromatic rings. The first-order valence-electron chi connectivity index (χ1n) is 5.09. The molecule has 0 radical (unpaired) electrons. The van der Waals surface area contributed by atoms with Crippen LogP contribution in [0.5, 0.6) is 0 Å². The van der Waals surface area contributed by atoms with Crippen LogP contribution >= 0.6 is 0 Å². The van der Waals surface area contributed by atoms with Crippen LogP contribution in [0, 0.1) is 0 Å². The highest BCUT2D eigenvalue weighted by atomic mass is 19.4. The first-order chi connectivity index (χ1) is 8.48. The molecule has 2 N–H and O–H groups in total. The number of fused-ring (bicyclic) bond motifs is 1. The standard InChI is InChI=1S/C12H9F3N2O/c13-12(14,15)11(18)17-16-10-7-3-5-8-4-1-2-6-9(8)10/h1-7,16H,(H,17,18). The van der Waals surface area contributed by atoms with Gasteiger partial charge in [-0.3, -0.25) is 15.6 Å². The summed E-state index contributed by atoms with van der Waals surface area (Å²) in [5.41, 5.74) is 4.30. The summed E-state index contributed by atoms with van der Waals surface area (Å²) in [5, 5.41) is 1.59. The Labute approximate surface area is 101 Å². The lowest BCUT2D eigenvalue weighted by Gasteiger charge is -2.12. The maximum atomic E-state index is 12.0. The monoisotopic (exact) mass is 254 g/mol. The van der Waals surface area contributed by atoms with Gasteiger partial charge in [0.25, 0.3) is 0 Å². The molecule has 0 aliphatic carbocycles. The summed E-state index contributed by atoms with van der Waals surface area (Å²) < 4.78 is 36.0. The van der Waals surface area contributed by atoms with Gasteiger partial charge in [0.2, 0.25) is 0 Å². The normalized spacial score (nSPS) is 11.3. The summed E-state index contributed by atoms with van der Waals surface area (Å²) in [6.07, 6.45) is -4.91. The Morgan fingerprint density at radius 1 is 1.00 bits per heavy atom. The molecule has 0 unspecified atom stereocenters. The number of amides is 1. The zero-order valence-electron chi connectivity index (χ0n) is 9.08. The summed E-state index contributed by atoms with van der Waals surface area (Å²) in [6.45, 7) is 0. The number of nitrogens with one attached hydrogen (secondary N) is 2. The number of alkyl halides is 3. The Bertz CT molecular complexity index is 576. The van der Waals surface area contributed by atoms with Crippen molar-refractivity contribution in [3.05, 3.63) is 42.5 Å². The van der Waals surface area contributed by atoms with Gasteiger partial charge >= 0.3 is 12.1 Å².